The van der Waals surface area contributed by atoms with Crippen molar-refractivity contribution in [3.63, 3.8) is 0 Å². The molecule has 6 N–H and O–H groups in total. The Labute approximate surface area is 235 Å². The van der Waals surface area contributed by atoms with Gasteiger partial charge in [-0.2, -0.15) is 23.4 Å². The number of aromatic nitrogens is 3. The Morgan fingerprint density at radius 3 is 2.52 bits per heavy atom. The minimum absolute atomic E-state index is 0.00632. The van der Waals surface area contributed by atoms with Crippen LogP contribution in [-0.4, -0.2) is 57.8 Å². The lowest BCUT2D eigenvalue weighted by atomic mass is 10.0. The first-order valence-electron chi connectivity index (χ1n) is 12.0. The summed E-state index contributed by atoms with van der Waals surface area (Å²) in [4.78, 5) is 13.5. The predicted octanol–water partition coefficient (Wildman–Crippen LogP) is 4.81. The largest absolute Gasteiger partial charge is 0.507 e. The van der Waals surface area contributed by atoms with Crippen molar-refractivity contribution in [1.82, 2.24) is 15.0 Å². The molecule has 210 valence electrons. The number of fused-ring (bicyclic) bond motifs is 1. The number of anilines is 4. The van der Waals surface area contributed by atoms with E-state index in [1.54, 1.807) is 17.9 Å². The first kappa shape index (κ1) is 28.9. The van der Waals surface area contributed by atoms with Gasteiger partial charge in [-0.05, 0) is 79.2 Å². The highest BCUT2D eigenvalue weighted by Crippen LogP contribution is 2.42. The molecule has 0 spiro atoms. The Hall–Kier alpha value is -4.11. The Balaban J connectivity index is 1.75. The molecule has 0 saturated heterocycles. The van der Waals surface area contributed by atoms with Gasteiger partial charge in [-0.15, -0.1) is 10.2 Å². The van der Waals surface area contributed by atoms with E-state index in [-0.39, 0.29) is 58.8 Å². The molecule has 0 radical (unpaired) electrons. The lowest BCUT2D eigenvalue weighted by molar-refractivity contribution is 0.301. The number of rotatable bonds is 9. The SMILES string of the molecule is CCN(CCO)c1nc(Cl)nc(Nc2ccc(N=Nc3c(N)c(C)cc4cc(C)cc(O)c34)c(S(=O)(=O)O)c2)n1. The molecule has 0 bridgehead atoms. The number of nitrogen functional groups attached to an aromatic ring is 1. The number of azo groups is 1. The summed E-state index contributed by atoms with van der Waals surface area (Å²) >= 11 is 6.05. The molecule has 13 nitrogen and oxygen atoms in total. The van der Waals surface area contributed by atoms with Crippen LogP contribution in [0.25, 0.3) is 10.8 Å². The highest BCUT2D eigenvalue weighted by molar-refractivity contribution is 7.86. The lowest BCUT2D eigenvalue weighted by Gasteiger charge is -2.19. The highest BCUT2D eigenvalue weighted by Gasteiger charge is 2.19. The summed E-state index contributed by atoms with van der Waals surface area (Å²) in [6.07, 6.45) is 0. The van der Waals surface area contributed by atoms with Gasteiger partial charge in [-0.3, -0.25) is 4.55 Å². The monoisotopic (exact) mass is 586 g/mol. The van der Waals surface area contributed by atoms with E-state index < -0.39 is 15.0 Å². The van der Waals surface area contributed by atoms with Gasteiger partial charge in [0.25, 0.3) is 10.1 Å². The van der Waals surface area contributed by atoms with Crippen molar-refractivity contribution in [2.24, 2.45) is 10.2 Å². The van der Waals surface area contributed by atoms with Gasteiger partial charge >= 0.3 is 0 Å². The van der Waals surface area contributed by atoms with Crippen LogP contribution in [0, 0.1) is 13.8 Å². The van der Waals surface area contributed by atoms with E-state index in [0.717, 1.165) is 11.6 Å². The number of halogens is 1. The number of phenols is 1. The summed E-state index contributed by atoms with van der Waals surface area (Å²) in [6, 6.07) is 9.15. The molecule has 40 heavy (non-hydrogen) atoms. The Kier molecular flexibility index (Phi) is 8.34. The summed E-state index contributed by atoms with van der Waals surface area (Å²) in [5.74, 6) is 0.161. The summed E-state index contributed by atoms with van der Waals surface area (Å²) in [5.41, 5.74) is 8.19. The zero-order valence-electron chi connectivity index (χ0n) is 21.8. The van der Waals surface area contributed by atoms with Crippen molar-refractivity contribution in [2.45, 2.75) is 25.7 Å². The quantitative estimate of drug-likeness (QED) is 0.102. The molecule has 15 heteroatoms. The second-order valence-electron chi connectivity index (χ2n) is 8.85. The standard InChI is InChI=1S/C25H27ClN8O5S/c1-4-34(7-8-35)25-30-23(26)29-24(31-25)28-16-5-6-17(19(12-16)40(37,38)39)32-33-22-20-15(11-14(3)21(22)27)9-13(2)10-18(20)36/h5-6,9-12,35-36H,4,7-8,27H2,1-3H3,(H,37,38,39)(H,28,29,30,31). The zero-order valence-corrected chi connectivity index (χ0v) is 23.4. The molecule has 0 aliphatic rings. The maximum atomic E-state index is 12.3. The third kappa shape index (κ3) is 6.20. The lowest BCUT2D eigenvalue weighted by Crippen LogP contribution is -2.28. The van der Waals surface area contributed by atoms with Gasteiger partial charge in [-0.1, -0.05) is 6.07 Å². The van der Waals surface area contributed by atoms with E-state index in [1.807, 2.05) is 26.0 Å². The van der Waals surface area contributed by atoms with Crippen molar-refractivity contribution in [3.05, 3.63) is 52.8 Å². The number of hydrogen-bond donors (Lipinski definition) is 5. The molecule has 0 amide bonds. The minimum Gasteiger partial charge on any atom is -0.507 e. The van der Waals surface area contributed by atoms with Crippen LogP contribution in [0.1, 0.15) is 18.1 Å². The molecule has 3 aromatic carbocycles. The van der Waals surface area contributed by atoms with E-state index in [4.69, 9.17) is 17.3 Å². The maximum Gasteiger partial charge on any atom is 0.296 e. The number of aryl methyl sites for hydroxylation is 2. The number of aromatic hydroxyl groups is 1. The fraction of sp³-hybridized carbons (Fsp3) is 0.240. The van der Waals surface area contributed by atoms with Crippen LogP contribution in [0.2, 0.25) is 5.28 Å². The minimum atomic E-state index is -4.76. The third-order valence-corrected chi connectivity index (χ3v) is 7.02. The molecule has 0 atom stereocenters. The molecule has 4 aromatic rings. The number of nitrogens with zero attached hydrogens (tertiary/aromatic N) is 6. The molecule has 0 saturated carbocycles. The van der Waals surface area contributed by atoms with Crippen molar-refractivity contribution in [3.8, 4) is 5.75 Å². The van der Waals surface area contributed by atoms with Gasteiger partial charge in [0.15, 0.2) is 0 Å². The van der Waals surface area contributed by atoms with Crippen LogP contribution < -0.4 is 16.0 Å². The molecular formula is C25H27ClN8O5S. The molecule has 1 aromatic heterocycles. The van der Waals surface area contributed by atoms with Gasteiger partial charge in [-0.25, -0.2) is 0 Å². The second kappa shape index (κ2) is 11.6. The summed E-state index contributed by atoms with van der Waals surface area (Å²) < 4.78 is 34.5. The normalized spacial score (nSPS) is 11.8. The van der Waals surface area contributed by atoms with Gasteiger partial charge in [0.1, 0.15) is 22.0 Å². The fourth-order valence-electron chi connectivity index (χ4n) is 4.07. The summed E-state index contributed by atoms with van der Waals surface area (Å²) in [5, 5.41) is 31.9. The average Bonchev–Trinajstić information content (AvgIpc) is 2.87. The zero-order chi connectivity index (χ0) is 29.2. The van der Waals surface area contributed by atoms with Crippen molar-refractivity contribution >= 4 is 67.1 Å². The number of aliphatic hydroxyl groups is 1. The van der Waals surface area contributed by atoms with Crippen LogP contribution in [0.4, 0.5) is 34.6 Å². The van der Waals surface area contributed by atoms with Crippen molar-refractivity contribution in [2.75, 3.05) is 35.6 Å². The highest BCUT2D eigenvalue weighted by atomic mass is 35.5. The van der Waals surface area contributed by atoms with E-state index in [9.17, 15) is 23.2 Å². The van der Waals surface area contributed by atoms with Crippen LogP contribution in [0.15, 0.2) is 51.5 Å². The number of aliphatic hydroxyl groups excluding tert-OH is 1. The molecule has 0 fully saturated rings. The number of phenolic OH excluding ortho intramolecular Hbond substituents is 1. The third-order valence-electron chi connectivity index (χ3n) is 5.96. The van der Waals surface area contributed by atoms with E-state index in [1.165, 1.54) is 12.1 Å². The summed E-state index contributed by atoms with van der Waals surface area (Å²) in [7, 11) is -4.76. The van der Waals surface area contributed by atoms with Crippen LogP contribution >= 0.6 is 11.6 Å². The van der Waals surface area contributed by atoms with Crippen molar-refractivity contribution < 1.29 is 23.2 Å². The van der Waals surface area contributed by atoms with E-state index >= 15 is 0 Å². The number of nitrogens with one attached hydrogen (secondary N) is 1. The molecule has 0 unspecified atom stereocenters. The topological polar surface area (TPSA) is 200 Å². The number of hydrogen-bond acceptors (Lipinski definition) is 12. The van der Waals surface area contributed by atoms with Gasteiger partial charge in [0.05, 0.1) is 17.7 Å². The van der Waals surface area contributed by atoms with Crippen molar-refractivity contribution in [1.29, 1.82) is 0 Å². The molecule has 1 heterocycles. The predicted molar refractivity (Wildman–Crippen MR) is 153 cm³/mol. The van der Waals surface area contributed by atoms with Crippen LogP contribution in [0.3, 0.4) is 0 Å². The Morgan fingerprint density at radius 2 is 1.85 bits per heavy atom. The number of benzene rings is 3. The van der Waals surface area contributed by atoms with E-state index in [0.29, 0.717) is 22.9 Å². The average molecular weight is 587 g/mol. The summed E-state index contributed by atoms with van der Waals surface area (Å²) in [6.45, 7) is 6.09. The van der Waals surface area contributed by atoms with E-state index in [2.05, 4.69) is 30.5 Å². The number of nitrogens with two attached hydrogens (primary N) is 1. The van der Waals surface area contributed by atoms with Gasteiger partial charge in [0, 0.05) is 18.8 Å². The van der Waals surface area contributed by atoms with Gasteiger partial charge in [0.2, 0.25) is 17.2 Å². The second-order valence-corrected chi connectivity index (χ2v) is 10.6. The molecular weight excluding hydrogens is 560 g/mol. The first-order valence-corrected chi connectivity index (χ1v) is 13.8. The molecule has 0 aliphatic carbocycles. The first-order chi connectivity index (χ1) is 18.9. The van der Waals surface area contributed by atoms with Crippen LogP contribution in [0.5, 0.6) is 5.75 Å². The fourth-order valence-corrected chi connectivity index (χ4v) is 4.88. The smallest absolute Gasteiger partial charge is 0.296 e. The number of likely N-dealkylation sites (N-methyl/N-ethyl adjacent to an activating group) is 1. The molecule has 0 aliphatic heterocycles. The molecule has 4 rings (SSSR count). The van der Waals surface area contributed by atoms with Gasteiger partial charge < -0.3 is 26.2 Å². The Bertz CT molecular complexity index is 1730. The Morgan fingerprint density at radius 1 is 1.10 bits per heavy atom. The van der Waals surface area contributed by atoms with Crippen LogP contribution in [-0.2, 0) is 10.1 Å². The maximum absolute atomic E-state index is 12.3.